The summed E-state index contributed by atoms with van der Waals surface area (Å²) >= 11 is 0. The lowest BCUT2D eigenvalue weighted by Crippen LogP contribution is -2.37. The number of rotatable bonds is 3. The lowest BCUT2D eigenvalue weighted by Gasteiger charge is -2.33. The van der Waals surface area contributed by atoms with E-state index in [0.29, 0.717) is 12.5 Å². The first-order valence-electron chi connectivity index (χ1n) is 10.7. The molecule has 0 aliphatic carbocycles. The number of piperidine rings is 1. The van der Waals surface area contributed by atoms with Gasteiger partial charge in [-0.15, -0.1) is 0 Å². The molecule has 1 unspecified atom stereocenters. The third-order valence-corrected chi connectivity index (χ3v) is 6.63. The minimum Gasteiger partial charge on any atom is -0.382 e. The van der Waals surface area contributed by atoms with Crippen molar-refractivity contribution >= 4 is 17.0 Å². The molecule has 6 heteroatoms. The van der Waals surface area contributed by atoms with Crippen molar-refractivity contribution in [2.75, 3.05) is 43.9 Å². The highest BCUT2D eigenvalue weighted by Crippen LogP contribution is 2.32. The Hall–Kier alpha value is -2.57. The Kier molecular flexibility index (Phi) is 4.89. The van der Waals surface area contributed by atoms with Crippen LogP contribution in [0.15, 0.2) is 42.5 Å². The second-order valence-corrected chi connectivity index (χ2v) is 8.53. The number of anilines is 2. The maximum absolute atomic E-state index is 5.73. The average molecular weight is 391 g/mol. The topological polar surface area (TPSA) is 70.6 Å². The van der Waals surface area contributed by atoms with Crippen molar-refractivity contribution < 1.29 is 0 Å². The molecular formula is C23H30N6. The molecule has 2 aliphatic heterocycles. The van der Waals surface area contributed by atoms with Gasteiger partial charge < -0.3 is 21.3 Å². The van der Waals surface area contributed by atoms with Crippen molar-refractivity contribution in [3.05, 3.63) is 48.0 Å². The highest BCUT2D eigenvalue weighted by atomic mass is 15.3. The zero-order valence-electron chi connectivity index (χ0n) is 17.1. The molecule has 1 atom stereocenters. The monoisotopic (exact) mass is 390 g/mol. The summed E-state index contributed by atoms with van der Waals surface area (Å²) in [5.41, 5.74) is 11.2. The molecule has 6 nitrogen and oxygen atoms in total. The van der Waals surface area contributed by atoms with Gasteiger partial charge >= 0.3 is 0 Å². The van der Waals surface area contributed by atoms with Crippen LogP contribution in [0.1, 0.15) is 18.4 Å². The standard InChI is InChI=1S/C23H30N6/c1-28-10-8-17(9-11-28)19-14-25-21-7-6-20-12-22(27-29(20)23(21)26-15-19)18-4-2-16(13-24)3-5-18/h2-7,12,17,19,25-26H,8-11,13-15,24H2,1H3. The summed E-state index contributed by atoms with van der Waals surface area (Å²) in [6, 6.07) is 14.8. The second-order valence-electron chi connectivity index (χ2n) is 8.53. The van der Waals surface area contributed by atoms with E-state index in [2.05, 4.69) is 65.0 Å². The number of hydrogen-bond donors (Lipinski definition) is 3. The van der Waals surface area contributed by atoms with E-state index in [0.717, 1.165) is 52.9 Å². The predicted octanol–water partition coefficient (Wildman–Crippen LogP) is 3.26. The number of nitrogens with two attached hydrogens (primary N) is 1. The van der Waals surface area contributed by atoms with Gasteiger partial charge in [-0.3, -0.25) is 0 Å². The van der Waals surface area contributed by atoms with E-state index in [1.165, 1.54) is 25.9 Å². The first-order valence-corrected chi connectivity index (χ1v) is 10.7. The molecule has 0 radical (unpaired) electrons. The van der Waals surface area contributed by atoms with Crippen LogP contribution in [0.25, 0.3) is 16.8 Å². The number of aromatic nitrogens is 2. The van der Waals surface area contributed by atoms with Crippen molar-refractivity contribution in [1.29, 1.82) is 0 Å². The lowest BCUT2D eigenvalue weighted by molar-refractivity contribution is 0.180. The van der Waals surface area contributed by atoms with Crippen LogP contribution in [0.2, 0.25) is 0 Å². The van der Waals surface area contributed by atoms with Gasteiger partial charge in [-0.1, -0.05) is 24.3 Å². The number of fused-ring (bicyclic) bond motifs is 3. The molecule has 1 aromatic carbocycles. The minimum absolute atomic E-state index is 0.562. The van der Waals surface area contributed by atoms with E-state index < -0.39 is 0 Å². The van der Waals surface area contributed by atoms with Crippen LogP contribution in [0.5, 0.6) is 0 Å². The van der Waals surface area contributed by atoms with Crippen LogP contribution in [0, 0.1) is 11.8 Å². The number of nitrogens with one attached hydrogen (secondary N) is 2. The van der Waals surface area contributed by atoms with Crippen molar-refractivity contribution in [2.24, 2.45) is 17.6 Å². The van der Waals surface area contributed by atoms with Gasteiger partial charge in [-0.05, 0) is 68.6 Å². The second kappa shape index (κ2) is 7.69. The molecule has 29 heavy (non-hydrogen) atoms. The first kappa shape index (κ1) is 18.5. The molecule has 1 saturated heterocycles. The predicted molar refractivity (Wildman–Crippen MR) is 119 cm³/mol. The summed E-state index contributed by atoms with van der Waals surface area (Å²) in [6.07, 6.45) is 2.59. The summed E-state index contributed by atoms with van der Waals surface area (Å²) in [4.78, 5) is 2.44. The van der Waals surface area contributed by atoms with Gasteiger partial charge in [0.1, 0.15) is 0 Å². The van der Waals surface area contributed by atoms with E-state index >= 15 is 0 Å². The molecule has 0 amide bonds. The molecular weight excluding hydrogens is 360 g/mol. The number of nitrogens with zero attached hydrogens (tertiary/aromatic N) is 3. The Morgan fingerprint density at radius 3 is 2.52 bits per heavy atom. The summed E-state index contributed by atoms with van der Waals surface area (Å²) in [7, 11) is 2.23. The molecule has 3 aromatic rings. The van der Waals surface area contributed by atoms with Gasteiger partial charge in [0, 0.05) is 25.2 Å². The SMILES string of the molecule is CN1CCC(C2CNc3ccc4cc(-c5ccc(CN)cc5)nn4c3NC2)CC1. The largest absolute Gasteiger partial charge is 0.382 e. The van der Waals surface area contributed by atoms with Gasteiger partial charge in [0.25, 0.3) is 0 Å². The molecule has 152 valence electrons. The fourth-order valence-corrected chi connectivity index (χ4v) is 4.69. The zero-order chi connectivity index (χ0) is 19.8. The molecule has 5 rings (SSSR count). The normalized spacial score (nSPS) is 20.7. The van der Waals surface area contributed by atoms with Gasteiger partial charge in [0.2, 0.25) is 0 Å². The highest BCUT2D eigenvalue weighted by Gasteiger charge is 2.27. The van der Waals surface area contributed by atoms with Crippen LogP contribution in [0.3, 0.4) is 0 Å². The van der Waals surface area contributed by atoms with Crippen LogP contribution in [0.4, 0.5) is 11.5 Å². The van der Waals surface area contributed by atoms with E-state index in [4.69, 9.17) is 10.8 Å². The van der Waals surface area contributed by atoms with Crippen molar-refractivity contribution in [1.82, 2.24) is 14.5 Å². The molecule has 0 saturated carbocycles. The summed E-state index contributed by atoms with van der Waals surface area (Å²) in [5.74, 6) is 2.50. The number of hydrogen-bond acceptors (Lipinski definition) is 5. The van der Waals surface area contributed by atoms with Gasteiger partial charge in [0.05, 0.1) is 16.9 Å². The Balaban J connectivity index is 1.40. The summed E-state index contributed by atoms with van der Waals surface area (Å²) in [6.45, 7) is 5.00. The molecule has 4 N–H and O–H groups in total. The molecule has 0 spiro atoms. The Morgan fingerprint density at radius 2 is 1.76 bits per heavy atom. The quantitative estimate of drug-likeness (QED) is 0.640. The number of benzene rings is 1. The zero-order valence-corrected chi connectivity index (χ0v) is 17.1. The Bertz CT molecular complexity index is 985. The number of likely N-dealkylation sites (tertiary alicyclic amines) is 1. The first-order chi connectivity index (χ1) is 14.2. The fraction of sp³-hybridized carbons (Fsp3) is 0.435. The maximum atomic E-state index is 5.73. The van der Waals surface area contributed by atoms with Crippen molar-refractivity contribution in [3.8, 4) is 11.3 Å². The summed E-state index contributed by atoms with van der Waals surface area (Å²) < 4.78 is 2.05. The molecule has 2 aromatic heterocycles. The van der Waals surface area contributed by atoms with Gasteiger partial charge in [-0.25, -0.2) is 4.52 Å². The smallest absolute Gasteiger partial charge is 0.151 e. The van der Waals surface area contributed by atoms with Gasteiger partial charge in [0.15, 0.2) is 5.82 Å². The van der Waals surface area contributed by atoms with Crippen LogP contribution in [-0.4, -0.2) is 47.7 Å². The summed E-state index contributed by atoms with van der Waals surface area (Å²) in [5, 5.41) is 12.3. The third kappa shape index (κ3) is 3.58. The number of pyridine rings is 1. The Morgan fingerprint density at radius 1 is 1.00 bits per heavy atom. The van der Waals surface area contributed by atoms with E-state index in [1.54, 1.807) is 0 Å². The molecule has 2 aliphatic rings. The van der Waals surface area contributed by atoms with Crippen LogP contribution < -0.4 is 16.4 Å². The third-order valence-electron chi connectivity index (χ3n) is 6.63. The van der Waals surface area contributed by atoms with Crippen LogP contribution in [-0.2, 0) is 6.54 Å². The molecule has 4 heterocycles. The lowest BCUT2D eigenvalue weighted by atomic mass is 9.84. The van der Waals surface area contributed by atoms with E-state index in [1.807, 2.05) is 4.52 Å². The minimum atomic E-state index is 0.562. The van der Waals surface area contributed by atoms with Crippen LogP contribution >= 0.6 is 0 Å². The average Bonchev–Trinajstić information content (AvgIpc) is 3.08. The molecule has 0 bridgehead atoms. The van der Waals surface area contributed by atoms with Gasteiger partial charge in [-0.2, -0.15) is 5.10 Å². The van der Waals surface area contributed by atoms with E-state index in [9.17, 15) is 0 Å². The van der Waals surface area contributed by atoms with Crippen molar-refractivity contribution in [3.63, 3.8) is 0 Å². The Labute approximate surface area is 172 Å². The molecule has 1 fully saturated rings. The van der Waals surface area contributed by atoms with E-state index in [-0.39, 0.29) is 0 Å². The van der Waals surface area contributed by atoms with Crippen molar-refractivity contribution in [2.45, 2.75) is 19.4 Å². The fourth-order valence-electron chi connectivity index (χ4n) is 4.69. The maximum Gasteiger partial charge on any atom is 0.151 e. The highest BCUT2D eigenvalue weighted by molar-refractivity contribution is 5.74.